The molecule has 1 amide bonds. The van der Waals surface area contributed by atoms with E-state index in [0.29, 0.717) is 18.1 Å². The maximum atomic E-state index is 12.6. The van der Waals surface area contributed by atoms with Crippen molar-refractivity contribution >= 4 is 22.9 Å². The van der Waals surface area contributed by atoms with Gasteiger partial charge in [0.05, 0.1) is 4.88 Å². The Morgan fingerprint density at radius 2 is 1.76 bits per heavy atom. The number of thiophene rings is 1. The number of anilines is 1. The second-order valence-corrected chi connectivity index (χ2v) is 8.31. The molecule has 0 saturated carbocycles. The Morgan fingerprint density at radius 3 is 2.52 bits per heavy atom. The zero-order valence-electron chi connectivity index (χ0n) is 16.6. The molecule has 0 unspecified atom stereocenters. The van der Waals surface area contributed by atoms with Crippen LogP contribution in [0.25, 0.3) is 10.4 Å². The van der Waals surface area contributed by atoms with Crippen LogP contribution in [-0.4, -0.2) is 44.7 Å². The van der Waals surface area contributed by atoms with Gasteiger partial charge in [-0.1, -0.05) is 12.1 Å². The van der Waals surface area contributed by atoms with Crippen LogP contribution in [-0.2, 0) is 6.42 Å². The fraction of sp³-hybridized carbons (Fsp3) is 0.261. The first-order valence-corrected chi connectivity index (χ1v) is 10.4. The lowest BCUT2D eigenvalue weighted by molar-refractivity contribution is 0.103. The van der Waals surface area contributed by atoms with Crippen LogP contribution in [0.15, 0.2) is 54.6 Å². The van der Waals surface area contributed by atoms with Gasteiger partial charge in [-0.3, -0.25) is 4.79 Å². The maximum Gasteiger partial charge on any atom is 0.265 e. The van der Waals surface area contributed by atoms with Crippen molar-refractivity contribution in [1.29, 1.82) is 0 Å². The van der Waals surface area contributed by atoms with Crippen LogP contribution in [0.3, 0.4) is 0 Å². The van der Waals surface area contributed by atoms with Gasteiger partial charge in [-0.15, -0.1) is 11.3 Å². The van der Waals surface area contributed by atoms with E-state index in [1.165, 1.54) is 16.9 Å². The molecule has 1 aliphatic heterocycles. The van der Waals surface area contributed by atoms with Crippen LogP contribution in [0.4, 0.5) is 5.69 Å². The standard InChI is InChI=1S/C23H24N2O3S/c1-25(2)12-11-16-3-6-18(7-4-16)24-23(26)22-10-9-21(29-22)17-5-8-19-20(15-17)28-14-13-27-19/h3-10,15H,11-14H2,1-2H3,(H,24,26). The molecule has 0 atom stereocenters. The Labute approximate surface area is 174 Å². The number of likely N-dealkylation sites (N-methyl/N-ethyl adjacent to an activating group) is 1. The van der Waals surface area contributed by atoms with Gasteiger partial charge in [-0.25, -0.2) is 0 Å². The van der Waals surface area contributed by atoms with Crippen molar-refractivity contribution < 1.29 is 14.3 Å². The number of fused-ring (bicyclic) bond motifs is 1. The van der Waals surface area contributed by atoms with E-state index >= 15 is 0 Å². The summed E-state index contributed by atoms with van der Waals surface area (Å²) in [7, 11) is 4.13. The van der Waals surface area contributed by atoms with Crippen molar-refractivity contribution in [2.45, 2.75) is 6.42 Å². The van der Waals surface area contributed by atoms with E-state index in [-0.39, 0.29) is 5.91 Å². The van der Waals surface area contributed by atoms with Crippen LogP contribution in [0, 0.1) is 0 Å². The molecule has 29 heavy (non-hydrogen) atoms. The third kappa shape index (κ3) is 4.78. The molecular formula is C23H24N2O3S. The summed E-state index contributed by atoms with van der Waals surface area (Å²) >= 11 is 1.46. The number of nitrogens with one attached hydrogen (secondary N) is 1. The average molecular weight is 409 g/mol. The smallest absolute Gasteiger partial charge is 0.265 e. The Balaban J connectivity index is 1.42. The molecule has 0 bridgehead atoms. The summed E-state index contributed by atoms with van der Waals surface area (Å²) in [4.78, 5) is 16.5. The highest BCUT2D eigenvalue weighted by molar-refractivity contribution is 7.17. The summed E-state index contributed by atoms with van der Waals surface area (Å²) < 4.78 is 11.2. The molecular weight excluding hydrogens is 384 g/mol. The summed E-state index contributed by atoms with van der Waals surface area (Å²) in [6.45, 7) is 2.14. The molecule has 0 saturated heterocycles. The van der Waals surface area contributed by atoms with E-state index in [0.717, 1.165) is 40.6 Å². The molecule has 0 fully saturated rings. The molecule has 150 valence electrons. The zero-order valence-corrected chi connectivity index (χ0v) is 17.4. The molecule has 4 rings (SSSR count). The van der Waals surface area contributed by atoms with Gasteiger partial charge in [0.15, 0.2) is 11.5 Å². The molecule has 0 spiro atoms. The molecule has 2 heterocycles. The minimum atomic E-state index is -0.0974. The number of rotatable bonds is 6. The van der Waals surface area contributed by atoms with E-state index in [9.17, 15) is 4.79 Å². The van der Waals surface area contributed by atoms with Gasteiger partial charge in [-0.2, -0.15) is 0 Å². The lowest BCUT2D eigenvalue weighted by Gasteiger charge is -2.18. The van der Waals surface area contributed by atoms with E-state index in [1.807, 2.05) is 42.5 Å². The second-order valence-electron chi connectivity index (χ2n) is 7.23. The van der Waals surface area contributed by atoms with Crippen LogP contribution in [0.5, 0.6) is 11.5 Å². The van der Waals surface area contributed by atoms with Gasteiger partial charge >= 0.3 is 0 Å². The number of carbonyl (C=O) groups is 1. The summed E-state index contributed by atoms with van der Waals surface area (Å²) in [5.74, 6) is 1.42. The summed E-state index contributed by atoms with van der Waals surface area (Å²) in [6.07, 6.45) is 0.991. The first-order valence-electron chi connectivity index (χ1n) is 9.63. The second kappa shape index (κ2) is 8.68. The van der Waals surface area contributed by atoms with Gasteiger partial charge in [0, 0.05) is 17.1 Å². The Hall–Kier alpha value is -2.83. The molecule has 2 aromatic carbocycles. The lowest BCUT2D eigenvalue weighted by atomic mass is 10.1. The normalized spacial score (nSPS) is 12.8. The number of hydrogen-bond acceptors (Lipinski definition) is 5. The van der Waals surface area contributed by atoms with Crippen molar-refractivity contribution in [3.05, 3.63) is 65.0 Å². The van der Waals surface area contributed by atoms with Crippen LogP contribution in [0.1, 0.15) is 15.2 Å². The van der Waals surface area contributed by atoms with Gasteiger partial charge in [0.1, 0.15) is 13.2 Å². The summed E-state index contributed by atoms with van der Waals surface area (Å²) in [6, 6.07) is 17.7. The van der Waals surface area contributed by atoms with Gasteiger partial charge in [-0.05, 0) is 74.1 Å². The number of hydrogen-bond donors (Lipinski definition) is 1. The molecule has 5 nitrogen and oxygen atoms in total. The third-order valence-electron chi connectivity index (χ3n) is 4.72. The molecule has 3 aromatic rings. The number of amides is 1. The monoisotopic (exact) mass is 408 g/mol. The molecule has 1 aliphatic rings. The Kier molecular flexibility index (Phi) is 5.83. The SMILES string of the molecule is CN(C)CCc1ccc(NC(=O)c2ccc(-c3ccc4c(c3)OCCO4)s2)cc1. The van der Waals surface area contributed by atoms with Crippen molar-refractivity contribution in [2.75, 3.05) is 39.2 Å². The minimum absolute atomic E-state index is 0.0974. The topological polar surface area (TPSA) is 50.8 Å². The number of benzene rings is 2. The summed E-state index contributed by atoms with van der Waals surface area (Å²) in [5.41, 5.74) is 3.08. The van der Waals surface area contributed by atoms with Gasteiger partial charge in [0.2, 0.25) is 0 Å². The fourth-order valence-electron chi connectivity index (χ4n) is 3.11. The van der Waals surface area contributed by atoms with Gasteiger partial charge in [0.25, 0.3) is 5.91 Å². The van der Waals surface area contributed by atoms with Crippen molar-refractivity contribution in [1.82, 2.24) is 4.90 Å². The van der Waals surface area contributed by atoms with E-state index in [4.69, 9.17) is 9.47 Å². The number of nitrogens with zero attached hydrogens (tertiary/aromatic N) is 1. The quantitative estimate of drug-likeness (QED) is 0.650. The van der Waals surface area contributed by atoms with E-state index in [2.05, 4.69) is 36.4 Å². The Bertz CT molecular complexity index is 996. The van der Waals surface area contributed by atoms with Crippen LogP contribution >= 0.6 is 11.3 Å². The molecule has 1 N–H and O–H groups in total. The van der Waals surface area contributed by atoms with Crippen molar-refractivity contribution in [3.8, 4) is 21.9 Å². The van der Waals surface area contributed by atoms with Gasteiger partial charge < -0.3 is 19.7 Å². The van der Waals surface area contributed by atoms with E-state index in [1.54, 1.807) is 0 Å². The first-order chi connectivity index (χ1) is 14.1. The lowest BCUT2D eigenvalue weighted by Crippen LogP contribution is -2.15. The Morgan fingerprint density at radius 1 is 1.00 bits per heavy atom. The highest BCUT2D eigenvalue weighted by Gasteiger charge is 2.15. The average Bonchev–Trinajstić information content (AvgIpc) is 3.23. The molecule has 1 aromatic heterocycles. The zero-order chi connectivity index (χ0) is 20.2. The highest BCUT2D eigenvalue weighted by Crippen LogP contribution is 2.37. The molecule has 6 heteroatoms. The molecule has 0 aliphatic carbocycles. The highest BCUT2D eigenvalue weighted by atomic mass is 32.1. The maximum absolute atomic E-state index is 12.6. The first kappa shape index (κ1) is 19.5. The fourth-order valence-corrected chi connectivity index (χ4v) is 4.01. The van der Waals surface area contributed by atoms with Crippen LogP contribution < -0.4 is 14.8 Å². The number of ether oxygens (including phenoxy) is 2. The predicted octanol–water partition coefficient (Wildman–Crippen LogP) is 4.54. The van der Waals surface area contributed by atoms with Crippen molar-refractivity contribution in [2.24, 2.45) is 0 Å². The van der Waals surface area contributed by atoms with Crippen LogP contribution in [0.2, 0.25) is 0 Å². The molecule has 0 radical (unpaired) electrons. The number of carbonyl (C=O) groups excluding carboxylic acids is 1. The van der Waals surface area contributed by atoms with Crippen molar-refractivity contribution in [3.63, 3.8) is 0 Å². The minimum Gasteiger partial charge on any atom is -0.486 e. The predicted molar refractivity (Wildman–Crippen MR) is 117 cm³/mol. The summed E-state index contributed by atoms with van der Waals surface area (Å²) in [5, 5.41) is 2.98. The van der Waals surface area contributed by atoms with E-state index < -0.39 is 0 Å². The third-order valence-corrected chi connectivity index (χ3v) is 5.85. The largest absolute Gasteiger partial charge is 0.486 e.